The smallest absolute Gasteiger partial charge is 0.320 e. The molecule has 4 heteroatoms. The molecule has 1 unspecified atom stereocenters. The Balaban J connectivity index is 1.88. The molecule has 1 atom stereocenters. The van der Waals surface area contributed by atoms with E-state index in [0.717, 1.165) is 25.6 Å². The summed E-state index contributed by atoms with van der Waals surface area (Å²) in [7, 11) is 0. The first-order valence-corrected chi connectivity index (χ1v) is 8.40. The van der Waals surface area contributed by atoms with Crippen molar-refractivity contribution in [2.75, 3.05) is 32.8 Å². The largest absolute Gasteiger partial charge is 0.465 e. The Hall–Kier alpha value is -0.610. The number of rotatable bonds is 6. The normalized spacial score (nSPS) is 24.8. The molecule has 1 N–H and O–H groups in total. The molecule has 1 saturated carbocycles. The Kier molecular flexibility index (Phi) is 6.80. The van der Waals surface area contributed by atoms with Crippen LogP contribution >= 0.6 is 0 Å². The minimum Gasteiger partial charge on any atom is -0.465 e. The second-order valence-electron chi connectivity index (χ2n) is 6.24. The summed E-state index contributed by atoms with van der Waals surface area (Å²) in [5.41, 5.74) is 0. The molecule has 116 valence electrons. The highest BCUT2D eigenvalue weighted by atomic mass is 16.5. The van der Waals surface area contributed by atoms with Gasteiger partial charge < -0.3 is 10.1 Å². The predicted octanol–water partition coefficient (Wildman–Crippen LogP) is 2.18. The highest BCUT2D eigenvalue weighted by Crippen LogP contribution is 2.25. The van der Waals surface area contributed by atoms with E-state index in [2.05, 4.69) is 10.2 Å². The maximum atomic E-state index is 11.9. The van der Waals surface area contributed by atoms with Crippen molar-refractivity contribution in [2.45, 2.75) is 57.9 Å². The van der Waals surface area contributed by atoms with E-state index in [-0.39, 0.29) is 5.97 Å². The molecule has 0 aromatic heterocycles. The number of nitrogens with zero attached hydrogens (tertiary/aromatic N) is 1. The van der Waals surface area contributed by atoms with Gasteiger partial charge in [-0.05, 0) is 45.1 Å². The van der Waals surface area contributed by atoms with Gasteiger partial charge in [-0.3, -0.25) is 9.69 Å². The van der Waals surface area contributed by atoms with Crippen LogP contribution in [0.5, 0.6) is 0 Å². The third-order valence-electron chi connectivity index (χ3n) is 4.64. The summed E-state index contributed by atoms with van der Waals surface area (Å²) in [6.07, 6.45) is 9.20. The number of hydrogen-bond donors (Lipinski definition) is 1. The predicted molar refractivity (Wildman–Crippen MR) is 80.7 cm³/mol. The number of carbonyl (C=O) groups excluding carboxylic acids is 1. The monoisotopic (exact) mass is 282 g/mol. The molecule has 2 aliphatic rings. The summed E-state index contributed by atoms with van der Waals surface area (Å²) in [6, 6.07) is 0.509. The molecule has 1 saturated heterocycles. The van der Waals surface area contributed by atoms with Crippen molar-refractivity contribution in [3.8, 4) is 0 Å². The van der Waals surface area contributed by atoms with Crippen molar-refractivity contribution in [3.63, 3.8) is 0 Å². The van der Waals surface area contributed by atoms with Gasteiger partial charge in [0.05, 0.1) is 13.2 Å². The van der Waals surface area contributed by atoms with Crippen LogP contribution in [-0.2, 0) is 9.53 Å². The van der Waals surface area contributed by atoms with Crippen molar-refractivity contribution < 1.29 is 9.53 Å². The summed E-state index contributed by atoms with van der Waals surface area (Å²) in [4.78, 5) is 14.2. The van der Waals surface area contributed by atoms with E-state index in [1.807, 2.05) is 6.92 Å². The first-order valence-electron chi connectivity index (χ1n) is 8.40. The molecule has 0 amide bonds. The highest BCUT2D eigenvalue weighted by molar-refractivity contribution is 5.71. The first kappa shape index (κ1) is 15.8. The number of nitrogens with one attached hydrogen (secondary N) is 1. The first-order chi connectivity index (χ1) is 9.79. The average molecular weight is 282 g/mol. The summed E-state index contributed by atoms with van der Waals surface area (Å²) < 4.78 is 5.15. The Morgan fingerprint density at radius 2 is 2.00 bits per heavy atom. The number of esters is 1. The Bertz CT molecular complexity index is 284. The molecule has 1 aliphatic carbocycles. The van der Waals surface area contributed by atoms with Crippen LogP contribution in [0.25, 0.3) is 0 Å². The number of ether oxygens (including phenoxy) is 1. The van der Waals surface area contributed by atoms with E-state index in [4.69, 9.17) is 4.74 Å². The maximum absolute atomic E-state index is 11.9. The topological polar surface area (TPSA) is 41.6 Å². The van der Waals surface area contributed by atoms with E-state index in [9.17, 15) is 4.79 Å². The minimum atomic E-state index is -0.0612. The van der Waals surface area contributed by atoms with E-state index in [1.54, 1.807) is 0 Å². The van der Waals surface area contributed by atoms with Crippen molar-refractivity contribution in [1.29, 1.82) is 0 Å². The molecule has 0 spiro atoms. The van der Waals surface area contributed by atoms with E-state index in [1.165, 1.54) is 44.9 Å². The second-order valence-corrected chi connectivity index (χ2v) is 6.24. The molecule has 0 radical (unpaired) electrons. The number of piperidine rings is 1. The molecular weight excluding hydrogens is 252 g/mol. The quantitative estimate of drug-likeness (QED) is 0.758. The van der Waals surface area contributed by atoms with Gasteiger partial charge in [0.15, 0.2) is 0 Å². The molecule has 4 nitrogen and oxygen atoms in total. The molecule has 2 rings (SSSR count). The molecule has 0 aromatic carbocycles. The Morgan fingerprint density at radius 3 is 2.65 bits per heavy atom. The zero-order valence-corrected chi connectivity index (χ0v) is 12.9. The molecule has 0 bridgehead atoms. The number of hydrogen-bond acceptors (Lipinski definition) is 4. The van der Waals surface area contributed by atoms with Crippen molar-refractivity contribution in [1.82, 2.24) is 10.2 Å². The lowest BCUT2D eigenvalue weighted by molar-refractivity contribution is -0.145. The van der Waals surface area contributed by atoms with Crippen LogP contribution in [0.15, 0.2) is 0 Å². The lowest BCUT2D eigenvalue weighted by Crippen LogP contribution is -2.49. The van der Waals surface area contributed by atoms with Gasteiger partial charge in [0.1, 0.15) is 0 Å². The van der Waals surface area contributed by atoms with Crippen molar-refractivity contribution >= 4 is 5.97 Å². The van der Waals surface area contributed by atoms with Crippen LogP contribution in [0.1, 0.15) is 51.9 Å². The van der Waals surface area contributed by atoms with Crippen LogP contribution in [0.2, 0.25) is 0 Å². The van der Waals surface area contributed by atoms with Crippen LogP contribution in [0.3, 0.4) is 0 Å². The van der Waals surface area contributed by atoms with Crippen LogP contribution in [0, 0.1) is 5.92 Å². The summed E-state index contributed by atoms with van der Waals surface area (Å²) in [6.45, 7) is 6.05. The van der Waals surface area contributed by atoms with Crippen molar-refractivity contribution in [2.24, 2.45) is 5.92 Å². The van der Waals surface area contributed by atoms with Gasteiger partial charge in [-0.25, -0.2) is 0 Å². The molecule has 2 fully saturated rings. The van der Waals surface area contributed by atoms with E-state index >= 15 is 0 Å². The summed E-state index contributed by atoms with van der Waals surface area (Å²) in [5, 5.41) is 3.46. The van der Waals surface area contributed by atoms with E-state index in [0.29, 0.717) is 19.2 Å². The van der Waals surface area contributed by atoms with Gasteiger partial charge in [0.25, 0.3) is 0 Å². The molecule has 0 aromatic rings. The molecular formula is C16H30N2O2. The fourth-order valence-electron chi connectivity index (χ4n) is 3.56. The van der Waals surface area contributed by atoms with Gasteiger partial charge in [0.2, 0.25) is 0 Å². The van der Waals surface area contributed by atoms with Gasteiger partial charge in [-0.1, -0.05) is 19.3 Å². The van der Waals surface area contributed by atoms with Crippen LogP contribution in [-0.4, -0.2) is 49.7 Å². The van der Waals surface area contributed by atoms with Gasteiger partial charge in [-0.15, -0.1) is 0 Å². The lowest BCUT2D eigenvalue weighted by atomic mass is 9.88. The fourth-order valence-corrected chi connectivity index (χ4v) is 3.56. The van der Waals surface area contributed by atoms with Crippen LogP contribution in [0.4, 0.5) is 0 Å². The fraction of sp³-hybridized carbons (Fsp3) is 0.938. The van der Waals surface area contributed by atoms with Crippen molar-refractivity contribution in [3.05, 3.63) is 0 Å². The molecule has 1 heterocycles. The maximum Gasteiger partial charge on any atom is 0.320 e. The second kappa shape index (κ2) is 8.63. The Labute approximate surface area is 123 Å². The lowest BCUT2D eigenvalue weighted by Gasteiger charge is -2.37. The van der Waals surface area contributed by atoms with Crippen LogP contribution < -0.4 is 5.32 Å². The minimum absolute atomic E-state index is 0.0612. The zero-order valence-electron chi connectivity index (χ0n) is 12.9. The average Bonchev–Trinajstić information content (AvgIpc) is 2.49. The van der Waals surface area contributed by atoms with Gasteiger partial charge in [-0.2, -0.15) is 0 Å². The summed E-state index contributed by atoms with van der Waals surface area (Å²) >= 11 is 0. The SMILES string of the molecule is CCOC(=O)CN(CC1CCCCC1)C1CCCNC1. The zero-order chi connectivity index (χ0) is 14.2. The highest BCUT2D eigenvalue weighted by Gasteiger charge is 2.26. The third kappa shape index (κ3) is 5.06. The Morgan fingerprint density at radius 1 is 1.20 bits per heavy atom. The summed E-state index contributed by atoms with van der Waals surface area (Å²) in [5.74, 6) is 0.717. The third-order valence-corrected chi connectivity index (χ3v) is 4.64. The molecule has 1 aliphatic heterocycles. The standard InChI is InChI=1S/C16H30N2O2/c1-2-20-16(19)13-18(15-9-6-10-17-11-15)12-14-7-4-3-5-8-14/h14-15,17H,2-13H2,1H3. The van der Waals surface area contributed by atoms with Gasteiger partial charge in [0, 0.05) is 19.1 Å². The number of carbonyl (C=O) groups is 1. The van der Waals surface area contributed by atoms with Gasteiger partial charge >= 0.3 is 5.97 Å². The molecule has 20 heavy (non-hydrogen) atoms. The van der Waals surface area contributed by atoms with E-state index < -0.39 is 0 Å².